The molecule has 1 aliphatic carbocycles. The van der Waals surface area contributed by atoms with E-state index >= 15 is 0 Å². The number of halogens is 1. The minimum absolute atomic E-state index is 0.0589. The molecule has 0 aromatic heterocycles. The van der Waals surface area contributed by atoms with Gasteiger partial charge in [0.25, 0.3) is 0 Å². The molecule has 0 bridgehead atoms. The van der Waals surface area contributed by atoms with Crippen molar-refractivity contribution >= 4 is 33.4 Å². The van der Waals surface area contributed by atoms with Gasteiger partial charge in [0.2, 0.25) is 0 Å². The topological polar surface area (TPSA) is 109 Å². The number of alkyl halides is 1. The summed E-state index contributed by atoms with van der Waals surface area (Å²) in [7, 11) is -3.81. The van der Waals surface area contributed by atoms with Crippen LogP contribution in [0.5, 0.6) is 0 Å². The minimum Gasteiger partial charge on any atom is -0.481 e. The number of carboxylic acids is 2. The molecular weight excluding hydrogens is 332 g/mol. The van der Waals surface area contributed by atoms with E-state index in [9.17, 15) is 23.1 Å². The van der Waals surface area contributed by atoms with Crippen molar-refractivity contribution in [2.45, 2.75) is 28.4 Å². The van der Waals surface area contributed by atoms with Gasteiger partial charge in [-0.1, -0.05) is 18.2 Å². The summed E-state index contributed by atoms with van der Waals surface area (Å²) in [5.41, 5.74) is 0. The fraction of sp³-hybridized carbons (Fsp3) is 0.429. The lowest BCUT2D eigenvalue weighted by Gasteiger charge is -2.34. The van der Waals surface area contributed by atoms with Gasteiger partial charge in [0.1, 0.15) is 0 Å². The molecular formula is C14H15ClO6S. The number of carbonyl (C=O) groups is 2. The van der Waals surface area contributed by atoms with Gasteiger partial charge >= 0.3 is 11.9 Å². The number of carboxylic acid groups (broad SMARTS) is 2. The number of hydrogen-bond acceptors (Lipinski definition) is 4. The Morgan fingerprint density at radius 3 is 2.00 bits per heavy atom. The monoisotopic (exact) mass is 346 g/mol. The van der Waals surface area contributed by atoms with Crippen molar-refractivity contribution in [2.24, 2.45) is 11.8 Å². The summed E-state index contributed by atoms with van der Waals surface area (Å²) in [5.74, 6) is -5.03. The number of hydrogen-bond donors (Lipinski definition) is 2. The van der Waals surface area contributed by atoms with Gasteiger partial charge in [0.05, 0.1) is 27.4 Å². The van der Waals surface area contributed by atoms with Gasteiger partial charge in [0.15, 0.2) is 9.84 Å². The molecule has 1 aliphatic rings. The molecule has 0 heterocycles. The zero-order chi connectivity index (χ0) is 16.5. The second-order valence-corrected chi connectivity index (χ2v) is 8.00. The van der Waals surface area contributed by atoms with Crippen molar-refractivity contribution in [3.05, 3.63) is 30.3 Å². The van der Waals surface area contributed by atoms with E-state index in [2.05, 4.69) is 0 Å². The van der Waals surface area contributed by atoms with Crippen LogP contribution in [0.25, 0.3) is 0 Å². The zero-order valence-electron chi connectivity index (χ0n) is 11.4. The largest absolute Gasteiger partial charge is 0.481 e. The highest BCUT2D eigenvalue weighted by atomic mass is 35.5. The Labute approximate surface area is 132 Å². The van der Waals surface area contributed by atoms with Crippen molar-refractivity contribution in [3.8, 4) is 0 Å². The van der Waals surface area contributed by atoms with E-state index in [4.69, 9.17) is 16.7 Å². The average Bonchev–Trinajstić information content (AvgIpc) is 2.47. The molecule has 0 amide bonds. The van der Waals surface area contributed by atoms with Crippen LogP contribution >= 0.6 is 11.6 Å². The highest BCUT2D eigenvalue weighted by Crippen LogP contribution is 2.39. The lowest BCUT2D eigenvalue weighted by molar-refractivity contribution is -0.155. The summed E-state index contributed by atoms with van der Waals surface area (Å²) in [6, 6.07) is 7.62. The Morgan fingerprint density at radius 1 is 1.00 bits per heavy atom. The summed E-state index contributed by atoms with van der Waals surface area (Å²) >= 11 is 6.09. The molecule has 0 aliphatic heterocycles. The molecule has 1 fully saturated rings. The highest BCUT2D eigenvalue weighted by molar-refractivity contribution is 7.92. The van der Waals surface area contributed by atoms with Crippen LogP contribution in [0.4, 0.5) is 0 Å². The van der Waals surface area contributed by atoms with Crippen LogP contribution in [-0.4, -0.2) is 41.2 Å². The number of benzene rings is 1. The molecule has 1 aromatic rings. The molecule has 0 unspecified atom stereocenters. The lowest BCUT2D eigenvalue weighted by atomic mass is 9.79. The van der Waals surface area contributed by atoms with Crippen LogP contribution in [0.2, 0.25) is 0 Å². The van der Waals surface area contributed by atoms with E-state index in [1.807, 2.05) is 0 Å². The second-order valence-electron chi connectivity index (χ2n) is 5.27. The van der Waals surface area contributed by atoms with Gasteiger partial charge in [-0.05, 0) is 25.0 Å². The standard InChI is InChI=1S/C14H15ClO6S/c15-11-6-9(13(16)17)10(14(18)19)7-12(11)22(20,21)8-4-2-1-3-5-8/h1-5,9-12H,6-7H2,(H,16,17)(H,18,19)/t9-,10-,11+,12-/m1/s1. The van der Waals surface area contributed by atoms with Crippen LogP contribution in [0, 0.1) is 11.8 Å². The minimum atomic E-state index is -3.81. The third-order valence-electron chi connectivity index (χ3n) is 3.96. The Balaban J connectivity index is 2.36. The molecule has 4 atom stereocenters. The summed E-state index contributed by atoms with van der Waals surface area (Å²) in [4.78, 5) is 22.5. The predicted octanol–water partition coefficient (Wildman–Crippen LogP) is 1.63. The van der Waals surface area contributed by atoms with E-state index in [0.717, 1.165) is 0 Å². The van der Waals surface area contributed by atoms with Crippen LogP contribution in [0.15, 0.2) is 35.2 Å². The molecule has 0 spiro atoms. The first kappa shape index (κ1) is 16.8. The molecule has 2 rings (SSSR count). The van der Waals surface area contributed by atoms with E-state index in [-0.39, 0.29) is 17.7 Å². The van der Waals surface area contributed by atoms with Gasteiger partial charge in [-0.15, -0.1) is 11.6 Å². The van der Waals surface area contributed by atoms with E-state index < -0.39 is 44.2 Å². The van der Waals surface area contributed by atoms with E-state index in [1.54, 1.807) is 18.2 Å². The molecule has 2 N–H and O–H groups in total. The molecule has 120 valence electrons. The Morgan fingerprint density at radius 2 is 1.50 bits per heavy atom. The van der Waals surface area contributed by atoms with Gasteiger partial charge < -0.3 is 10.2 Å². The summed E-state index contributed by atoms with van der Waals surface area (Å²) in [5, 5.41) is 16.2. The Bertz CT molecular complexity index is 672. The lowest BCUT2D eigenvalue weighted by Crippen LogP contribution is -2.46. The maximum atomic E-state index is 12.6. The molecule has 22 heavy (non-hydrogen) atoms. The first-order chi connectivity index (χ1) is 10.2. The van der Waals surface area contributed by atoms with Gasteiger partial charge in [-0.3, -0.25) is 9.59 Å². The van der Waals surface area contributed by atoms with Crippen LogP contribution in [0.1, 0.15) is 12.8 Å². The first-order valence-electron chi connectivity index (χ1n) is 6.63. The normalized spacial score (nSPS) is 29.0. The molecule has 8 heteroatoms. The van der Waals surface area contributed by atoms with E-state index in [0.29, 0.717) is 0 Å². The summed E-state index contributed by atoms with van der Waals surface area (Å²) < 4.78 is 25.2. The average molecular weight is 347 g/mol. The summed E-state index contributed by atoms with van der Waals surface area (Å²) in [6.45, 7) is 0. The number of rotatable bonds is 4. The third kappa shape index (κ3) is 3.10. The molecule has 0 radical (unpaired) electrons. The third-order valence-corrected chi connectivity index (χ3v) is 6.84. The number of sulfone groups is 1. The van der Waals surface area contributed by atoms with E-state index in [1.165, 1.54) is 12.1 Å². The fourth-order valence-electron chi connectivity index (χ4n) is 2.77. The second kappa shape index (κ2) is 6.26. The van der Waals surface area contributed by atoms with Gasteiger partial charge in [-0.25, -0.2) is 8.42 Å². The maximum Gasteiger partial charge on any atom is 0.307 e. The molecule has 0 saturated heterocycles. The molecule has 6 nitrogen and oxygen atoms in total. The van der Waals surface area contributed by atoms with Crippen molar-refractivity contribution < 1.29 is 28.2 Å². The zero-order valence-corrected chi connectivity index (χ0v) is 13.0. The van der Waals surface area contributed by atoms with Crippen LogP contribution in [0.3, 0.4) is 0 Å². The predicted molar refractivity (Wildman–Crippen MR) is 78.5 cm³/mol. The van der Waals surface area contributed by atoms with Crippen molar-refractivity contribution in [2.75, 3.05) is 0 Å². The van der Waals surface area contributed by atoms with Crippen LogP contribution < -0.4 is 0 Å². The quantitative estimate of drug-likeness (QED) is 0.802. The molecule has 1 saturated carbocycles. The fourth-order valence-corrected chi connectivity index (χ4v) is 5.32. The van der Waals surface area contributed by atoms with Crippen LogP contribution in [-0.2, 0) is 19.4 Å². The summed E-state index contributed by atoms with van der Waals surface area (Å²) in [6.07, 6.45) is -0.498. The molecule has 1 aromatic carbocycles. The smallest absolute Gasteiger partial charge is 0.307 e. The highest BCUT2D eigenvalue weighted by Gasteiger charge is 2.48. The van der Waals surface area contributed by atoms with Crippen molar-refractivity contribution in [3.63, 3.8) is 0 Å². The number of aliphatic carboxylic acids is 2. The maximum absolute atomic E-state index is 12.6. The van der Waals surface area contributed by atoms with Gasteiger partial charge in [0, 0.05) is 0 Å². The van der Waals surface area contributed by atoms with Crippen molar-refractivity contribution in [1.82, 2.24) is 0 Å². The van der Waals surface area contributed by atoms with Gasteiger partial charge in [-0.2, -0.15) is 0 Å². The SMILES string of the molecule is O=C(O)[C@@H]1C[C@@H](S(=O)(=O)c2ccccc2)[C@@H](Cl)C[C@H]1C(=O)O. The Kier molecular flexibility index (Phi) is 4.77. The Hall–Kier alpha value is -1.60. The van der Waals surface area contributed by atoms with Crippen molar-refractivity contribution in [1.29, 1.82) is 0 Å². The first-order valence-corrected chi connectivity index (χ1v) is 8.62.